The molecule has 1 N–H and O–H groups in total. The van der Waals surface area contributed by atoms with Crippen LogP contribution in [0.25, 0.3) is 16.9 Å². The van der Waals surface area contributed by atoms with E-state index in [1.54, 1.807) is 24.3 Å². The van der Waals surface area contributed by atoms with Gasteiger partial charge in [-0.2, -0.15) is 9.40 Å². The third-order valence-corrected chi connectivity index (χ3v) is 10.2. The molecule has 6 rings (SSSR count). The second kappa shape index (κ2) is 12.8. The third kappa shape index (κ3) is 6.68. The maximum atomic E-state index is 13.4. The van der Waals surface area contributed by atoms with Crippen LogP contribution in [0.3, 0.4) is 0 Å². The van der Waals surface area contributed by atoms with E-state index in [9.17, 15) is 13.2 Å². The zero-order valence-corrected chi connectivity index (χ0v) is 27.0. The lowest BCUT2D eigenvalue weighted by Gasteiger charge is -2.34. The summed E-state index contributed by atoms with van der Waals surface area (Å²) in [6.07, 6.45) is 3.34. The summed E-state index contributed by atoms with van der Waals surface area (Å²) < 4.78 is 41.4. The molecule has 1 saturated carbocycles. The minimum Gasteiger partial charge on any atom is -0.493 e. The fourth-order valence-corrected chi connectivity index (χ4v) is 7.61. The van der Waals surface area contributed by atoms with Gasteiger partial charge in [0.25, 0.3) is 0 Å². The maximum absolute atomic E-state index is 13.4. The molecule has 4 aromatic rings. The Hall–Kier alpha value is -3.99. The van der Waals surface area contributed by atoms with E-state index in [1.807, 2.05) is 74.1 Å². The first-order chi connectivity index (χ1) is 21.6. The lowest BCUT2D eigenvalue weighted by molar-refractivity contribution is -0.117. The number of sulfonamides is 1. The first-order valence-electron chi connectivity index (χ1n) is 15.6. The summed E-state index contributed by atoms with van der Waals surface area (Å²) in [5, 5.41) is 7.98. The van der Waals surface area contributed by atoms with Crippen LogP contribution < -0.4 is 10.1 Å². The summed E-state index contributed by atoms with van der Waals surface area (Å²) in [6.45, 7) is 9.16. The maximum Gasteiger partial charge on any atom is 0.243 e. The van der Waals surface area contributed by atoms with Crippen LogP contribution in [0.2, 0.25) is 0 Å². The Morgan fingerprint density at radius 3 is 2.40 bits per heavy atom. The smallest absolute Gasteiger partial charge is 0.243 e. The highest BCUT2D eigenvalue weighted by Crippen LogP contribution is 2.51. The van der Waals surface area contributed by atoms with Crippen LogP contribution in [0, 0.1) is 12.8 Å². The molecular weight excluding hydrogens is 588 g/mol. The molecule has 0 bridgehead atoms. The van der Waals surface area contributed by atoms with Crippen molar-refractivity contribution in [2.45, 2.75) is 63.6 Å². The van der Waals surface area contributed by atoms with E-state index in [-0.39, 0.29) is 34.8 Å². The van der Waals surface area contributed by atoms with Crippen LogP contribution in [-0.2, 0) is 19.6 Å². The predicted molar refractivity (Wildman–Crippen MR) is 174 cm³/mol. The van der Waals surface area contributed by atoms with Crippen molar-refractivity contribution in [3.05, 3.63) is 90.1 Å². The molecule has 1 aliphatic carbocycles. The average Bonchev–Trinajstić information content (AvgIpc) is 3.71. The Morgan fingerprint density at radius 2 is 1.73 bits per heavy atom. The van der Waals surface area contributed by atoms with Gasteiger partial charge in [0, 0.05) is 47.9 Å². The van der Waals surface area contributed by atoms with E-state index in [1.165, 1.54) is 4.31 Å². The molecule has 2 fully saturated rings. The molecule has 0 spiro atoms. The number of para-hydroxylation sites is 1. The van der Waals surface area contributed by atoms with E-state index < -0.39 is 10.0 Å². The minimum absolute atomic E-state index is 0.0127. The number of hydrogen-bond donors (Lipinski definition) is 1. The van der Waals surface area contributed by atoms with Gasteiger partial charge in [0.15, 0.2) is 0 Å². The molecule has 1 saturated heterocycles. The lowest BCUT2D eigenvalue weighted by Crippen LogP contribution is -2.48. The van der Waals surface area contributed by atoms with Crippen molar-refractivity contribution in [3.63, 3.8) is 0 Å². The zero-order valence-electron chi connectivity index (χ0n) is 26.1. The van der Waals surface area contributed by atoms with Gasteiger partial charge in [-0.15, -0.1) is 0 Å². The van der Waals surface area contributed by atoms with Gasteiger partial charge in [-0.25, -0.2) is 13.1 Å². The standard InChI is InChI=1S/C35H40N4O5S/c1-5-17-43-33-16-11-26(18-23(33)2)34-32(22-39(37-34)28-9-7-6-8-10-28)30-19-31(30)35(40)36-27-12-14-29(15-13-27)45(41,42)38-20-24(3)44-25(4)21-38/h6-16,18,22,24-25,30-31H,5,17,19-21H2,1-4H3,(H,36,40). The number of hydrogen-bond acceptors (Lipinski definition) is 6. The Labute approximate surface area is 265 Å². The van der Waals surface area contributed by atoms with Crippen molar-refractivity contribution < 1.29 is 22.7 Å². The second-order valence-electron chi connectivity index (χ2n) is 12.1. The largest absolute Gasteiger partial charge is 0.493 e. The number of nitrogens with one attached hydrogen (secondary N) is 1. The third-order valence-electron chi connectivity index (χ3n) is 8.35. The molecule has 236 valence electrons. The van der Waals surface area contributed by atoms with E-state index in [4.69, 9.17) is 14.6 Å². The van der Waals surface area contributed by atoms with Crippen LogP contribution in [0.4, 0.5) is 5.69 Å². The average molecular weight is 629 g/mol. The molecule has 0 radical (unpaired) electrons. The van der Waals surface area contributed by atoms with Crippen molar-refractivity contribution in [3.8, 4) is 22.7 Å². The van der Waals surface area contributed by atoms with E-state index in [0.29, 0.717) is 31.8 Å². The monoisotopic (exact) mass is 628 g/mol. The summed E-state index contributed by atoms with van der Waals surface area (Å²) in [4.78, 5) is 13.6. The molecule has 10 heteroatoms. The summed E-state index contributed by atoms with van der Waals surface area (Å²) in [5.41, 5.74) is 5.40. The van der Waals surface area contributed by atoms with E-state index in [2.05, 4.69) is 18.3 Å². The molecule has 9 nitrogen and oxygen atoms in total. The summed E-state index contributed by atoms with van der Waals surface area (Å²) in [5.74, 6) is 0.564. The van der Waals surface area contributed by atoms with Crippen molar-refractivity contribution in [2.75, 3.05) is 25.0 Å². The Bertz CT molecular complexity index is 1760. The molecule has 45 heavy (non-hydrogen) atoms. The van der Waals surface area contributed by atoms with E-state index >= 15 is 0 Å². The molecule has 2 heterocycles. The van der Waals surface area contributed by atoms with Crippen LogP contribution >= 0.6 is 0 Å². The quantitative estimate of drug-likeness (QED) is 0.225. The molecule has 1 aliphatic heterocycles. The summed E-state index contributed by atoms with van der Waals surface area (Å²) >= 11 is 0. The van der Waals surface area contributed by atoms with Gasteiger partial charge in [-0.1, -0.05) is 25.1 Å². The predicted octanol–water partition coefficient (Wildman–Crippen LogP) is 6.18. The number of aryl methyl sites for hydroxylation is 1. The molecular formula is C35H40N4O5S. The molecule has 4 unspecified atom stereocenters. The fraction of sp³-hybridized carbons (Fsp3) is 0.371. The van der Waals surface area contributed by atoms with Gasteiger partial charge in [-0.3, -0.25) is 4.79 Å². The van der Waals surface area contributed by atoms with Gasteiger partial charge >= 0.3 is 0 Å². The van der Waals surface area contributed by atoms with Gasteiger partial charge in [0.1, 0.15) is 5.75 Å². The van der Waals surface area contributed by atoms with Gasteiger partial charge in [-0.05, 0) is 93.8 Å². The number of morpholine rings is 1. The Kier molecular flexibility index (Phi) is 8.81. The van der Waals surface area contributed by atoms with Gasteiger partial charge < -0.3 is 14.8 Å². The second-order valence-corrected chi connectivity index (χ2v) is 14.0. The number of amides is 1. The SMILES string of the molecule is CCCOc1ccc(-c2nn(-c3ccccc3)cc2C2CC2C(=O)Nc2ccc(S(=O)(=O)N3CC(C)OC(C)C3)cc2)cc1C. The zero-order chi connectivity index (χ0) is 31.7. The first-order valence-corrected chi connectivity index (χ1v) is 17.0. The van der Waals surface area contributed by atoms with E-state index in [0.717, 1.165) is 40.2 Å². The molecule has 4 atom stereocenters. The number of ether oxygens (including phenoxy) is 2. The fourth-order valence-electron chi connectivity index (χ4n) is 6.02. The number of nitrogens with zero attached hydrogens (tertiary/aromatic N) is 3. The highest BCUT2D eigenvalue weighted by molar-refractivity contribution is 7.89. The number of aromatic nitrogens is 2. The highest BCUT2D eigenvalue weighted by Gasteiger charge is 2.46. The van der Waals surface area contributed by atoms with Crippen molar-refractivity contribution >= 4 is 21.6 Å². The van der Waals surface area contributed by atoms with Gasteiger partial charge in [0.2, 0.25) is 15.9 Å². The molecule has 2 aliphatic rings. The van der Waals surface area contributed by atoms with Crippen molar-refractivity contribution in [1.82, 2.24) is 14.1 Å². The Balaban J connectivity index is 1.19. The number of benzene rings is 3. The molecule has 1 aromatic heterocycles. The van der Waals surface area contributed by atoms with Crippen molar-refractivity contribution in [2.24, 2.45) is 5.92 Å². The molecule has 3 aromatic carbocycles. The first kappa shape index (κ1) is 31.0. The van der Waals surface area contributed by atoms with Crippen LogP contribution in [0.1, 0.15) is 50.7 Å². The normalized spacial score (nSPS) is 21.8. The highest BCUT2D eigenvalue weighted by atomic mass is 32.2. The summed E-state index contributed by atoms with van der Waals surface area (Å²) in [6, 6.07) is 22.5. The lowest BCUT2D eigenvalue weighted by atomic mass is 10.0. The van der Waals surface area contributed by atoms with Gasteiger partial charge in [0.05, 0.1) is 35.1 Å². The van der Waals surface area contributed by atoms with Crippen LogP contribution in [0.5, 0.6) is 5.75 Å². The minimum atomic E-state index is -3.66. The molecule has 1 amide bonds. The number of carbonyl (C=O) groups excluding carboxylic acids is 1. The Morgan fingerprint density at radius 1 is 1.02 bits per heavy atom. The number of anilines is 1. The number of rotatable bonds is 10. The summed E-state index contributed by atoms with van der Waals surface area (Å²) in [7, 11) is -3.66. The van der Waals surface area contributed by atoms with Crippen LogP contribution in [-0.4, -0.2) is 60.3 Å². The van der Waals surface area contributed by atoms with Crippen molar-refractivity contribution in [1.29, 1.82) is 0 Å². The van der Waals surface area contributed by atoms with Crippen LogP contribution in [0.15, 0.2) is 83.9 Å². The number of carbonyl (C=O) groups is 1. The topological polar surface area (TPSA) is 103 Å².